The Morgan fingerprint density at radius 2 is 2.35 bits per heavy atom. The van der Waals surface area contributed by atoms with E-state index in [1.807, 2.05) is 0 Å². The molecule has 0 aliphatic heterocycles. The molecule has 1 aliphatic carbocycles. The predicted octanol–water partition coefficient (Wildman–Crippen LogP) is 2.99. The van der Waals surface area contributed by atoms with Crippen molar-refractivity contribution in [2.75, 3.05) is 17.6 Å². The summed E-state index contributed by atoms with van der Waals surface area (Å²) in [6, 6.07) is 1.44. The summed E-state index contributed by atoms with van der Waals surface area (Å²) in [5, 5.41) is 12.3. The van der Waals surface area contributed by atoms with Crippen molar-refractivity contribution < 1.29 is 9.90 Å². The molecule has 1 saturated carbocycles. The SMILES string of the molecule is CC1CCCC(CCNc2ncc(N)cc2C(=O)O)C1. The first-order chi connectivity index (χ1) is 9.56. The van der Waals surface area contributed by atoms with Crippen LogP contribution in [0.2, 0.25) is 0 Å². The van der Waals surface area contributed by atoms with Gasteiger partial charge in [-0.1, -0.05) is 26.2 Å². The van der Waals surface area contributed by atoms with E-state index in [1.165, 1.54) is 37.9 Å². The monoisotopic (exact) mass is 277 g/mol. The third-order valence-corrected chi connectivity index (χ3v) is 4.03. The van der Waals surface area contributed by atoms with Gasteiger partial charge in [0.2, 0.25) is 0 Å². The smallest absolute Gasteiger partial charge is 0.339 e. The summed E-state index contributed by atoms with van der Waals surface area (Å²) in [5.74, 6) is 0.973. The Morgan fingerprint density at radius 1 is 1.55 bits per heavy atom. The number of aromatic carboxylic acids is 1. The quantitative estimate of drug-likeness (QED) is 0.770. The highest BCUT2D eigenvalue weighted by Gasteiger charge is 2.19. The van der Waals surface area contributed by atoms with Gasteiger partial charge in [-0.05, 0) is 30.7 Å². The molecule has 1 aromatic heterocycles. The number of nitrogen functional groups attached to an aromatic ring is 1. The predicted molar refractivity (Wildman–Crippen MR) is 79.8 cm³/mol. The Kier molecular flexibility index (Phi) is 4.82. The number of nitrogens with zero attached hydrogens (tertiary/aromatic N) is 1. The van der Waals surface area contributed by atoms with Crippen molar-refractivity contribution in [3.63, 3.8) is 0 Å². The van der Waals surface area contributed by atoms with E-state index in [0.717, 1.165) is 24.8 Å². The zero-order valence-electron chi connectivity index (χ0n) is 11.9. The molecule has 1 aliphatic rings. The molecule has 0 saturated heterocycles. The highest BCUT2D eigenvalue weighted by atomic mass is 16.4. The Bertz CT molecular complexity index is 476. The normalized spacial score (nSPS) is 22.4. The summed E-state index contributed by atoms with van der Waals surface area (Å²) < 4.78 is 0. The molecule has 2 atom stereocenters. The van der Waals surface area contributed by atoms with Gasteiger partial charge in [0.05, 0.1) is 11.9 Å². The van der Waals surface area contributed by atoms with Gasteiger partial charge in [0.25, 0.3) is 0 Å². The number of rotatable bonds is 5. The fraction of sp³-hybridized carbons (Fsp3) is 0.600. The summed E-state index contributed by atoms with van der Waals surface area (Å²) in [5.41, 5.74) is 6.08. The van der Waals surface area contributed by atoms with Crippen molar-refractivity contribution in [2.24, 2.45) is 11.8 Å². The summed E-state index contributed by atoms with van der Waals surface area (Å²) in [7, 11) is 0. The molecule has 4 N–H and O–H groups in total. The first-order valence-electron chi connectivity index (χ1n) is 7.29. The zero-order valence-corrected chi connectivity index (χ0v) is 11.9. The number of hydrogen-bond acceptors (Lipinski definition) is 4. The molecule has 1 fully saturated rings. The van der Waals surface area contributed by atoms with Gasteiger partial charge < -0.3 is 16.2 Å². The van der Waals surface area contributed by atoms with Crippen LogP contribution >= 0.6 is 0 Å². The van der Waals surface area contributed by atoms with Crippen LogP contribution in [0.3, 0.4) is 0 Å². The maximum Gasteiger partial charge on any atom is 0.339 e. The van der Waals surface area contributed by atoms with E-state index >= 15 is 0 Å². The number of aromatic nitrogens is 1. The van der Waals surface area contributed by atoms with E-state index in [1.54, 1.807) is 0 Å². The zero-order chi connectivity index (χ0) is 14.5. The molecule has 1 heterocycles. The molecule has 0 spiro atoms. The van der Waals surface area contributed by atoms with Crippen LogP contribution in [0.15, 0.2) is 12.3 Å². The topological polar surface area (TPSA) is 88.2 Å². The van der Waals surface area contributed by atoms with Gasteiger partial charge >= 0.3 is 5.97 Å². The first-order valence-corrected chi connectivity index (χ1v) is 7.29. The number of carboxylic acids is 1. The molecule has 1 aromatic rings. The lowest BCUT2D eigenvalue weighted by Gasteiger charge is -2.26. The highest BCUT2D eigenvalue weighted by molar-refractivity contribution is 5.94. The molecule has 0 aromatic carbocycles. The second-order valence-electron chi connectivity index (χ2n) is 5.82. The largest absolute Gasteiger partial charge is 0.478 e. The van der Waals surface area contributed by atoms with Crippen molar-refractivity contribution in [1.29, 1.82) is 0 Å². The van der Waals surface area contributed by atoms with Crippen LogP contribution in [-0.4, -0.2) is 22.6 Å². The Morgan fingerprint density at radius 3 is 3.05 bits per heavy atom. The van der Waals surface area contributed by atoms with E-state index < -0.39 is 5.97 Å². The minimum Gasteiger partial charge on any atom is -0.478 e. The van der Waals surface area contributed by atoms with Crippen LogP contribution in [0.1, 0.15) is 49.4 Å². The molecule has 20 heavy (non-hydrogen) atoms. The summed E-state index contributed by atoms with van der Waals surface area (Å²) in [6.07, 6.45) is 7.77. The van der Waals surface area contributed by atoms with Crippen LogP contribution < -0.4 is 11.1 Å². The molecule has 2 rings (SSSR count). The van der Waals surface area contributed by atoms with Crippen molar-refractivity contribution in [3.05, 3.63) is 17.8 Å². The van der Waals surface area contributed by atoms with E-state index in [0.29, 0.717) is 11.5 Å². The van der Waals surface area contributed by atoms with Gasteiger partial charge in [-0.15, -0.1) is 0 Å². The molecule has 0 radical (unpaired) electrons. The van der Waals surface area contributed by atoms with E-state index in [9.17, 15) is 4.79 Å². The molecular formula is C15H23N3O2. The van der Waals surface area contributed by atoms with Crippen LogP contribution in [0, 0.1) is 11.8 Å². The maximum absolute atomic E-state index is 11.1. The fourth-order valence-corrected chi connectivity index (χ4v) is 3.00. The third-order valence-electron chi connectivity index (χ3n) is 4.03. The number of carboxylic acid groups (broad SMARTS) is 1. The Balaban J connectivity index is 1.89. The Labute approximate surface area is 119 Å². The van der Waals surface area contributed by atoms with Gasteiger partial charge in [-0.25, -0.2) is 9.78 Å². The van der Waals surface area contributed by atoms with Crippen LogP contribution in [0.5, 0.6) is 0 Å². The number of nitrogens with two attached hydrogens (primary N) is 1. The van der Waals surface area contributed by atoms with Gasteiger partial charge in [-0.2, -0.15) is 0 Å². The van der Waals surface area contributed by atoms with E-state index in [-0.39, 0.29) is 5.56 Å². The van der Waals surface area contributed by atoms with E-state index in [2.05, 4.69) is 17.2 Å². The second kappa shape index (κ2) is 6.59. The summed E-state index contributed by atoms with van der Waals surface area (Å²) >= 11 is 0. The van der Waals surface area contributed by atoms with Crippen molar-refractivity contribution in [3.8, 4) is 0 Å². The molecular weight excluding hydrogens is 254 g/mol. The fourth-order valence-electron chi connectivity index (χ4n) is 3.00. The summed E-state index contributed by atoms with van der Waals surface area (Å²) in [6.45, 7) is 3.07. The van der Waals surface area contributed by atoms with Gasteiger partial charge in [-0.3, -0.25) is 0 Å². The van der Waals surface area contributed by atoms with Crippen molar-refractivity contribution in [2.45, 2.75) is 39.0 Å². The third kappa shape index (κ3) is 3.85. The molecule has 110 valence electrons. The molecule has 5 heteroatoms. The van der Waals surface area contributed by atoms with E-state index in [4.69, 9.17) is 10.8 Å². The second-order valence-corrected chi connectivity index (χ2v) is 5.82. The highest BCUT2D eigenvalue weighted by Crippen LogP contribution is 2.30. The van der Waals surface area contributed by atoms with Crippen LogP contribution in [-0.2, 0) is 0 Å². The number of carbonyl (C=O) groups is 1. The van der Waals surface area contributed by atoms with Gasteiger partial charge in [0, 0.05) is 6.54 Å². The lowest BCUT2D eigenvalue weighted by Crippen LogP contribution is -2.17. The minimum atomic E-state index is -1.00. The lowest BCUT2D eigenvalue weighted by molar-refractivity contribution is 0.0697. The standard InChI is InChI=1S/C15H23N3O2/c1-10-3-2-4-11(7-10)5-6-17-14-13(15(19)20)8-12(16)9-18-14/h8-11H,2-7,16H2,1H3,(H,17,18)(H,19,20). The average molecular weight is 277 g/mol. The number of anilines is 2. The number of hydrogen-bond donors (Lipinski definition) is 3. The summed E-state index contributed by atoms with van der Waals surface area (Å²) in [4.78, 5) is 15.2. The molecule has 0 bridgehead atoms. The molecule has 0 amide bonds. The van der Waals surface area contributed by atoms with Crippen molar-refractivity contribution in [1.82, 2.24) is 4.98 Å². The Hall–Kier alpha value is -1.78. The van der Waals surface area contributed by atoms with Gasteiger partial charge in [0.15, 0.2) is 0 Å². The van der Waals surface area contributed by atoms with Crippen molar-refractivity contribution >= 4 is 17.5 Å². The molecule has 2 unspecified atom stereocenters. The van der Waals surface area contributed by atoms with Crippen LogP contribution in [0.4, 0.5) is 11.5 Å². The average Bonchev–Trinajstić information content (AvgIpc) is 2.40. The van der Waals surface area contributed by atoms with Crippen LogP contribution in [0.25, 0.3) is 0 Å². The maximum atomic E-state index is 11.1. The minimum absolute atomic E-state index is 0.141. The first kappa shape index (κ1) is 14.6. The lowest BCUT2D eigenvalue weighted by atomic mass is 9.81. The molecule has 5 nitrogen and oxygen atoms in total. The number of pyridine rings is 1. The van der Waals surface area contributed by atoms with Gasteiger partial charge in [0.1, 0.15) is 11.4 Å². The number of nitrogens with one attached hydrogen (secondary N) is 1.